The number of likely N-dealkylation sites (N-methyl/N-ethyl adjacent to an activating group) is 1. The molecular formula is C16H26N2O2. The molecule has 1 saturated carbocycles. The van der Waals surface area contributed by atoms with Gasteiger partial charge < -0.3 is 9.73 Å². The van der Waals surface area contributed by atoms with Crippen LogP contribution in [0.3, 0.4) is 0 Å². The van der Waals surface area contributed by atoms with Gasteiger partial charge in [-0.3, -0.25) is 9.69 Å². The van der Waals surface area contributed by atoms with E-state index in [0.717, 1.165) is 31.7 Å². The molecule has 0 bridgehead atoms. The van der Waals surface area contributed by atoms with Crippen LogP contribution in [0, 0.1) is 5.92 Å². The number of hydrogen-bond acceptors (Lipinski definition) is 3. The number of carbonyl (C=O) groups excluding carboxylic acids is 1. The Morgan fingerprint density at radius 1 is 1.40 bits per heavy atom. The highest BCUT2D eigenvalue weighted by Gasteiger charge is 2.25. The van der Waals surface area contributed by atoms with E-state index in [1.165, 1.54) is 12.8 Å². The van der Waals surface area contributed by atoms with E-state index in [2.05, 4.69) is 24.1 Å². The topological polar surface area (TPSA) is 45.5 Å². The maximum absolute atomic E-state index is 12.2. The average molecular weight is 278 g/mol. The minimum absolute atomic E-state index is 0.130. The molecule has 4 heteroatoms. The van der Waals surface area contributed by atoms with Gasteiger partial charge >= 0.3 is 0 Å². The monoisotopic (exact) mass is 278 g/mol. The summed E-state index contributed by atoms with van der Waals surface area (Å²) in [6.45, 7) is 6.79. The van der Waals surface area contributed by atoms with Gasteiger partial charge in [-0.15, -0.1) is 0 Å². The Bertz CT molecular complexity index is 393. The minimum Gasteiger partial charge on any atom is -0.468 e. The number of rotatable bonds is 7. The lowest BCUT2D eigenvalue weighted by Crippen LogP contribution is -2.39. The molecule has 0 saturated heterocycles. The Kier molecular flexibility index (Phi) is 5.65. The van der Waals surface area contributed by atoms with Gasteiger partial charge in [0.1, 0.15) is 5.76 Å². The molecule has 1 atom stereocenters. The van der Waals surface area contributed by atoms with Crippen molar-refractivity contribution >= 4 is 5.91 Å². The van der Waals surface area contributed by atoms with Crippen LogP contribution < -0.4 is 5.32 Å². The van der Waals surface area contributed by atoms with Crippen molar-refractivity contribution in [3.8, 4) is 0 Å². The van der Waals surface area contributed by atoms with Gasteiger partial charge in [0.05, 0.1) is 12.3 Å². The van der Waals surface area contributed by atoms with Crippen molar-refractivity contribution in [2.45, 2.75) is 45.6 Å². The van der Waals surface area contributed by atoms with Crippen molar-refractivity contribution in [2.75, 3.05) is 19.6 Å². The first-order valence-electron chi connectivity index (χ1n) is 7.81. The predicted molar refractivity (Wildman–Crippen MR) is 79.3 cm³/mol. The van der Waals surface area contributed by atoms with E-state index in [1.807, 2.05) is 12.1 Å². The second-order valence-electron chi connectivity index (χ2n) is 5.48. The third kappa shape index (κ3) is 3.63. The van der Waals surface area contributed by atoms with Crippen molar-refractivity contribution in [3.05, 3.63) is 24.2 Å². The summed E-state index contributed by atoms with van der Waals surface area (Å²) in [5.41, 5.74) is 0. The summed E-state index contributed by atoms with van der Waals surface area (Å²) in [7, 11) is 0. The van der Waals surface area contributed by atoms with Crippen LogP contribution in [0.4, 0.5) is 0 Å². The van der Waals surface area contributed by atoms with Gasteiger partial charge in [-0.1, -0.05) is 26.7 Å². The zero-order chi connectivity index (χ0) is 14.4. The van der Waals surface area contributed by atoms with Gasteiger partial charge in [0.2, 0.25) is 5.91 Å². The molecule has 1 N–H and O–H groups in total. The lowest BCUT2D eigenvalue weighted by atomic mass is 10.1. The molecule has 1 aliphatic rings. The summed E-state index contributed by atoms with van der Waals surface area (Å²) in [6, 6.07) is 4.03. The predicted octanol–water partition coefficient (Wildman–Crippen LogP) is 2.97. The van der Waals surface area contributed by atoms with Crippen molar-refractivity contribution in [2.24, 2.45) is 5.92 Å². The van der Waals surface area contributed by atoms with Crippen molar-refractivity contribution in [3.63, 3.8) is 0 Å². The fourth-order valence-electron chi connectivity index (χ4n) is 3.08. The zero-order valence-electron chi connectivity index (χ0n) is 12.6. The third-order valence-corrected chi connectivity index (χ3v) is 4.32. The molecule has 1 aliphatic carbocycles. The van der Waals surface area contributed by atoms with Gasteiger partial charge in [-0.25, -0.2) is 0 Å². The van der Waals surface area contributed by atoms with E-state index in [9.17, 15) is 4.79 Å². The molecule has 1 amide bonds. The van der Waals surface area contributed by atoms with Crippen molar-refractivity contribution < 1.29 is 9.21 Å². The lowest BCUT2D eigenvalue weighted by molar-refractivity contribution is -0.125. The summed E-state index contributed by atoms with van der Waals surface area (Å²) in [4.78, 5) is 14.5. The molecule has 0 spiro atoms. The standard InChI is InChI=1S/C16H26N2O2/c1-3-18(4-2)14(15-10-7-11-20-15)12-17-16(19)13-8-5-6-9-13/h7,10-11,13-14H,3-6,8-9,12H2,1-2H3,(H,17,19)/t14-/m1/s1. The fraction of sp³-hybridized carbons (Fsp3) is 0.688. The number of hydrogen-bond donors (Lipinski definition) is 1. The number of furan rings is 1. The number of nitrogens with one attached hydrogen (secondary N) is 1. The Balaban J connectivity index is 1.95. The highest BCUT2D eigenvalue weighted by molar-refractivity contribution is 5.78. The van der Waals surface area contributed by atoms with E-state index in [0.29, 0.717) is 6.54 Å². The molecule has 112 valence electrons. The van der Waals surface area contributed by atoms with Gasteiger partial charge in [-0.2, -0.15) is 0 Å². The highest BCUT2D eigenvalue weighted by Crippen LogP contribution is 2.25. The van der Waals surface area contributed by atoms with Crippen LogP contribution in [0.2, 0.25) is 0 Å². The molecule has 1 aromatic heterocycles. The van der Waals surface area contributed by atoms with E-state index in [4.69, 9.17) is 4.42 Å². The number of carbonyl (C=O) groups is 1. The van der Waals surface area contributed by atoms with Crippen LogP contribution >= 0.6 is 0 Å². The van der Waals surface area contributed by atoms with Crippen molar-refractivity contribution in [1.29, 1.82) is 0 Å². The molecule has 4 nitrogen and oxygen atoms in total. The number of amides is 1. The first-order chi connectivity index (χ1) is 9.76. The lowest BCUT2D eigenvalue weighted by Gasteiger charge is -2.28. The van der Waals surface area contributed by atoms with Crippen LogP contribution in [0.5, 0.6) is 0 Å². The van der Waals surface area contributed by atoms with E-state index in [1.54, 1.807) is 6.26 Å². The Morgan fingerprint density at radius 3 is 2.65 bits per heavy atom. The summed E-state index contributed by atoms with van der Waals surface area (Å²) in [5.74, 6) is 1.37. The highest BCUT2D eigenvalue weighted by atomic mass is 16.3. The van der Waals surface area contributed by atoms with Gasteiger partial charge in [-0.05, 0) is 38.1 Å². The average Bonchev–Trinajstić information content (AvgIpc) is 3.15. The third-order valence-electron chi connectivity index (χ3n) is 4.32. The van der Waals surface area contributed by atoms with Crippen LogP contribution in [0.25, 0.3) is 0 Å². The molecular weight excluding hydrogens is 252 g/mol. The van der Waals surface area contributed by atoms with Gasteiger partial charge in [0, 0.05) is 12.5 Å². The molecule has 2 rings (SSSR count). The van der Waals surface area contributed by atoms with E-state index in [-0.39, 0.29) is 17.9 Å². The normalized spacial score (nSPS) is 17.6. The SMILES string of the molecule is CCN(CC)[C@H](CNC(=O)C1CCCC1)c1ccco1. The maximum Gasteiger partial charge on any atom is 0.223 e. The molecule has 1 fully saturated rings. The Labute approximate surface area is 121 Å². The first kappa shape index (κ1) is 15.1. The summed E-state index contributed by atoms with van der Waals surface area (Å²) >= 11 is 0. The van der Waals surface area contributed by atoms with Crippen molar-refractivity contribution in [1.82, 2.24) is 10.2 Å². The molecule has 0 aromatic carbocycles. The van der Waals surface area contributed by atoms with Crippen LogP contribution in [0.15, 0.2) is 22.8 Å². The molecule has 20 heavy (non-hydrogen) atoms. The second kappa shape index (κ2) is 7.48. The fourth-order valence-corrected chi connectivity index (χ4v) is 3.08. The maximum atomic E-state index is 12.2. The summed E-state index contributed by atoms with van der Waals surface area (Å²) < 4.78 is 5.55. The number of nitrogens with zero attached hydrogens (tertiary/aromatic N) is 1. The quantitative estimate of drug-likeness (QED) is 0.834. The first-order valence-corrected chi connectivity index (χ1v) is 7.81. The minimum atomic E-state index is 0.130. The van der Waals surface area contributed by atoms with Crippen LogP contribution in [-0.2, 0) is 4.79 Å². The zero-order valence-corrected chi connectivity index (χ0v) is 12.6. The Hall–Kier alpha value is -1.29. The molecule has 0 radical (unpaired) electrons. The Morgan fingerprint density at radius 2 is 2.10 bits per heavy atom. The summed E-state index contributed by atoms with van der Waals surface area (Å²) in [6.07, 6.45) is 6.17. The largest absolute Gasteiger partial charge is 0.468 e. The molecule has 1 heterocycles. The smallest absolute Gasteiger partial charge is 0.223 e. The second-order valence-corrected chi connectivity index (χ2v) is 5.48. The van der Waals surface area contributed by atoms with E-state index < -0.39 is 0 Å². The van der Waals surface area contributed by atoms with Crippen LogP contribution in [-0.4, -0.2) is 30.4 Å². The molecule has 0 aliphatic heterocycles. The summed E-state index contributed by atoms with van der Waals surface area (Å²) in [5, 5.41) is 3.12. The van der Waals surface area contributed by atoms with Crippen LogP contribution in [0.1, 0.15) is 51.3 Å². The molecule has 1 aromatic rings. The van der Waals surface area contributed by atoms with Gasteiger partial charge in [0.25, 0.3) is 0 Å². The van der Waals surface area contributed by atoms with Gasteiger partial charge in [0.15, 0.2) is 0 Å². The van der Waals surface area contributed by atoms with E-state index >= 15 is 0 Å². The molecule has 0 unspecified atom stereocenters.